The van der Waals surface area contributed by atoms with Crippen LogP contribution in [0.15, 0.2) is 17.1 Å². The first-order chi connectivity index (χ1) is 14.1. The molecule has 2 aromatic rings. The van der Waals surface area contributed by atoms with Crippen molar-refractivity contribution in [1.82, 2.24) is 9.97 Å². The highest BCUT2D eigenvalue weighted by atomic mass is 32.2. The summed E-state index contributed by atoms with van der Waals surface area (Å²) >= 11 is 0. The number of benzene rings is 1. The van der Waals surface area contributed by atoms with Gasteiger partial charge in [0.05, 0.1) is 5.75 Å². The van der Waals surface area contributed by atoms with Crippen LogP contribution in [0.5, 0.6) is 0 Å². The number of aryl methyl sites for hydroxylation is 2. The Morgan fingerprint density at radius 3 is 2.70 bits per heavy atom. The number of sulfonamides is 1. The van der Waals surface area contributed by atoms with Crippen LogP contribution in [0.1, 0.15) is 39.9 Å². The predicted molar refractivity (Wildman–Crippen MR) is 113 cm³/mol. The number of carbonyl (C=O) groups excluding carboxylic acids is 1. The maximum absolute atomic E-state index is 13.9. The number of ketones is 1. The Morgan fingerprint density at radius 2 is 2.03 bits per heavy atom. The number of nitrogens with zero attached hydrogens (tertiary/aromatic N) is 4. The largest absolute Gasteiger partial charge is 0.382 e. The number of hydrogen-bond acceptors (Lipinski definition) is 8. The van der Waals surface area contributed by atoms with Gasteiger partial charge >= 0.3 is 6.08 Å². The number of fused-ring (bicyclic) bond motifs is 1. The second-order valence-electron chi connectivity index (χ2n) is 7.21. The minimum absolute atomic E-state index is 0.0813. The fourth-order valence-electron chi connectivity index (χ4n) is 3.56. The summed E-state index contributed by atoms with van der Waals surface area (Å²) in [5.41, 5.74) is 9.33. The molecule has 1 aromatic carbocycles. The maximum atomic E-state index is 13.9. The molecule has 11 heteroatoms. The first kappa shape index (κ1) is 21.8. The molecule has 0 atom stereocenters. The van der Waals surface area contributed by atoms with Crippen molar-refractivity contribution < 1.29 is 17.6 Å². The molecular weight excluding hydrogens is 411 g/mol. The molecule has 30 heavy (non-hydrogen) atoms. The topological polar surface area (TPSA) is 145 Å². The highest BCUT2D eigenvalue weighted by Crippen LogP contribution is 2.33. The summed E-state index contributed by atoms with van der Waals surface area (Å²) in [4.78, 5) is 24.9. The molecule has 0 bridgehead atoms. The van der Waals surface area contributed by atoms with Gasteiger partial charge in [0.15, 0.2) is 17.4 Å². The van der Waals surface area contributed by atoms with Crippen LogP contribution in [-0.4, -0.2) is 43.2 Å². The van der Waals surface area contributed by atoms with E-state index in [4.69, 9.17) is 10.9 Å². The SMILES string of the molecule is C=Nc1c(N)nc(F)nc1N(CCCS(N)(=O)=O)Cc1cc2c(cc1C)CCC2=O. The van der Waals surface area contributed by atoms with Crippen molar-refractivity contribution in [3.05, 3.63) is 40.5 Å². The molecule has 3 rings (SSSR count). The first-order valence-electron chi connectivity index (χ1n) is 9.30. The van der Waals surface area contributed by atoms with Crippen LogP contribution in [0, 0.1) is 13.0 Å². The summed E-state index contributed by atoms with van der Waals surface area (Å²) in [6.45, 7) is 5.78. The van der Waals surface area contributed by atoms with E-state index in [2.05, 4.69) is 21.7 Å². The second kappa shape index (κ2) is 8.44. The standard InChI is InChI=1S/C19H23FN6O3S/c1-11-8-12-4-5-15(27)14(12)9-13(11)10-26(6-3-7-30(22,28)29)18-16(23-2)17(21)24-19(20)25-18/h8-9H,2-7,10H2,1H3,(H2,21,24,25)(H2,22,28,29). The van der Waals surface area contributed by atoms with Gasteiger partial charge in [-0.1, -0.05) is 6.07 Å². The fourth-order valence-corrected chi connectivity index (χ4v) is 4.09. The van der Waals surface area contributed by atoms with Gasteiger partial charge in [-0.15, -0.1) is 0 Å². The lowest BCUT2D eigenvalue weighted by atomic mass is 10.00. The fraction of sp³-hybridized carbons (Fsp3) is 0.368. The Morgan fingerprint density at radius 1 is 1.30 bits per heavy atom. The van der Waals surface area contributed by atoms with Crippen molar-refractivity contribution in [2.45, 2.75) is 32.7 Å². The first-order valence-corrected chi connectivity index (χ1v) is 11.0. The Bertz CT molecular complexity index is 1120. The number of aliphatic imine (C=N–C) groups is 1. The van der Waals surface area contributed by atoms with Crippen LogP contribution in [0.3, 0.4) is 0 Å². The number of hydrogen-bond donors (Lipinski definition) is 2. The highest BCUT2D eigenvalue weighted by molar-refractivity contribution is 7.89. The zero-order chi connectivity index (χ0) is 22.1. The monoisotopic (exact) mass is 434 g/mol. The molecular formula is C19H23FN6O3S. The van der Waals surface area contributed by atoms with E-state index in [0.29, 0.717) is 18.4 Å². The van der Waals surface area contributed by atoms with Crippen molar-refractivity contribution in [1.29, 1.82) is 0 Å². The number of rotatable bonds is 8. The van der Waals surface area contributed by atoms with Gasteiger partial charge in [-0.25, -0.2) is 13.6 Å². The third kappa shape index (κ3) is 4.79. The van der Waals surface area contributed by atoms with Crippen molar-refractivity contribution in [3.63, 3.8) is 0 Å². The molecule has 0 fully saturated rings. The van der Waals surface area contributed by atoms with Crippen molar-refractivity contribution >= 4 is 39.8 Å². The minimum Gasteiger partial charge on any atom is -0.382 e. The normalized spacial score (nSPS) is 13.4. The molecule has 0 unspecified atom stereocenters. The second-order valence-corrected chi connectivity index (χ2v) is 8.94. The van der Waals surface area contributed by atoms with Gasteiger partial charge in [-0.05, 0) is 49.2 Å². The van der Waals surface area contributed by atoms with Crippen LogP contribution in [0.4, 0.5) is 21.7 Å². The summed E-state index contributed by atoms with van der Waals surface area (Å²) in [5, 5.41) is 5.10. The van der Waals surface area contributed by atoms with Gasteiger partial charge in [-0.2, -0.15) is 14.4 Å². The predicted octanol–water partition coefficient (Wildman–Crippen LogP) is 1.65. The van der Waals surface area contributed by atoms with Gasteiger partial charge in [0.25, 0.3) is 0 Å². The van der Waals surface area contributed by atoms with Gasteiger partial charge in [-0.3, -0.25) is 9.79 Å². The third-order valence-electron chi connectivity index (χ3n) is 5.02. The summed E-state index contributed by atoms with van der Waals surface area (Å²) in [6, 6.07) is 3.80. The molecule has 0 aliphatic heterocycles. The molecule has 160 valence electrons. The average Bonchev–Trinajstić information content (AvgIpc) is 2.99. The molecule has 1 aliphatic carbocycles. The zero-order valence-corrected chi connectivity index (χ0v) is 17.4. The van der Waals surface area contributed by atoms with Gasteiger partial charge in [0.1, 0.15) is 5.69 Å². The molecule has 4 N–H and O–H groups in total. The lowest BCUT2D eigenvalue weighted by molar-refractivity contribution is 0.0994. The average molecular weight is 434 g/mol. The van der Waals surface area contributed by atoms with Crippen LogP contribution >= 0.6 is 0 Å². The number of primary sulfonamides is 1. The number of Topliss-reactive ketones (excluding diaryl/α,β-unsaturated/α-hetero) is 1. The summed E-state index contributed by atoms with van der Waals surface area (Å²) in [6.07, 6.45) is 0.330. The molecule has 0 amide bonds. The Kier molecular flexibility index (Phi) is 6.13. The number of nitrogen functional groups attached to an aromatic ring is 1. The molecule has 9 nitrogen and oxygen atoms in total. The number of aromatic nitrogens is 2. The van der Waals surface area contributed by atoms with Crippen LogP contribution in [0.2, 0.25) is 0 Å². The Hall–Kier alpha value is -2.92. The summed E-state index contributed by atoms with van der Waals surface area (Å²) < 4.78 is 36.6. The minimum atomic E-state index is -3.67. The lowest BCUT2D eigenvalue weighted by Gasteiger charge is -2.26. The van der Waals surface area contributed by atoms with E-state index in [1.165, 1.54) is 0 Å². The van der Waals surface area contributed by atoms with Crippen LogP contribution < -0.4 is 15.8 Å². The van der Waals surface area contributed by atoms with E-state index in [1.807, 2.05) is 19.1 Å². The van der Waals surface area contributed by atoms with E-state index in [1.54, 1.807) is 4.90 Å². The van der Waals surface area contributed by atoms with Gasteiger partial charge in [0.2, 0.25) is 10.0 Å². The molecule has 0 radical (unpaired) electrons. The van der Waals surface area contributed by atoms with E-state index in [-0.39, 0.29) is 48.4 Å². The molecule has 0 spiro atoms. The molecule has 1 aromatic heterocycles. The van der Waals surface area contributed by atoms with Crippen molar-refractivity contribution in [2.75, 3.05) is 22.9 Å². The number of anilines is 2. The highest BCUT2D eigenvalue weighted by Gasteiger charge is 2.23. The number of nitrogens with two attached hydrogens (primary N) is 2. The number of halogens is 1. The Labute approximate surface area is 174 Å². The molecule has 1 aliphatic rings. The molecule has 0 saturated carbocycles. The van der Waals surface area contributed by atoms with E-state index in [9.17, 15) is 17.6 Å². The quantitative estimate of drug-likeness (QED) is 0.475. The van der Waals surface area contributed by atoms with E-state index >= 15 is 0 Å². The lowest BCUT2D eigenvalue weighted by Crippen LogP contribution is -2.29. The van der Waals surface area contributed by atoms with Crippen LogP contribution in [0.25, 0.3) is 0 Å². The smallest absolute Gasteiger partial charge is 0.312 e. The van der Waals surface area contributed by atoms with Gasteiger partial charge < -0.3 is 10.6 Å². The maximum Gasteiger partial charge on any atom is 0.312 e. The summed E-state index contributed by atoms with van der Waals surface area (Å²) in [5.74, 6) is -0.261. The Balaban J connectivity index is 2.00. The van der Waals surface area contributed by atoms with E-state index < -0.39 is 16.1 Å². The molecule has 0 saturated heterocycles. The summed E-state index contributed by atoms with van der Waals surface area (Å²) in [7, 11) is -3.67. The van der Waals surface area contributed by atoms with Gasteiger partial charge in [0, 0.05) is 25.1 Å². The van der Waals surface area contributed by atoms with Crippen molar-refractivity contribution in [2.24, 2.45) is 10.1 Å². The van der Waals surface area contributed by atoms with Crippen LogP contribution in [-0.2, 0) is 23.0 Å². The van der Waals surface area contributed by atoms with E-state index in [0.717, 1.165) is 16.7 Å². The zero-order valence-electron chi connectivity index (χ0n) is 16.6. The van der Waals surface area contributed by atoms with Crippen molar-refractivity contribution in [3.8, 4) is 0 Å². The number of carbonyl (C=O) groups is 1. The third-order valence-corrected chi connectivity index (χ3v) is 5.88. The molecule has 1 heterocycles.